The number of aromatic nitrogens is 3. The summed E-state index contributed by atoms with van der Waals surface area (Å²) in [5.74, 6) is 0.534. The molecule has 0 unspecified atom stereocenters. The first-order valence-electron chi connectivity index (χ1n) is 8.13. The van der Waals surface area contributed by atoms with Crippen LogP contribution in [0.3, 0.4) is 0 Å². The van der Waals surface area contributed by atoms with Crippen LogP contribution < -0.4 is 10.7 Å². The van der Waals surface area contributed by atoms with Gasteiger partial charge < -0.3 is 9.73 Å². The quantitative estimate of drug-likeness (QED) is 0.770. The third-order valence-electron chi connectivity index (χ3n) is 3.93. The highest BCUT2D eigenvalue weighted by molar-refractivity contribution is 5.93. The van der Waals surface area contributed by atoms with Gasteiger partial charge in [0.1, 0.15) is 17.7 Å². The molecule has 1 N–H and O–H groups in total. The molecule has 1 aromatic carbocycles. The lowest BCUT2D eigenvalue weighted by Gasteiger charge is -2.19. The van der Waals surface area contributed by atoms with Gasteiger partial charge in [-0.25, -0.2) is 4.98 Å². The molecule has 3 rings (SSSR count). The number of hydrogen-bond donors (Lipinski definition) is 1. The Morgan fingerprint density at radius 1 is 1.32 bits per heavy atom. The van der Waals surface area contributed by atoms with E-state index in [9.17, 15) is 9.59 Å². The van der Waals surface area contributed by atoms with Crippen LogP contribution in [0, 0.1) is 5.92 Å². The summed E-state index contributed by atoms with van der Waals surface area (Å²) in [5.41, 5.74) is 0.144. The number of carbonyl (C=O) groups is 1. The highest BCUT2D eigenvalue weighted by atomic mass is 16.3. The minimum atomic E-state index is -0.448. The van der Waals surface area contributed by atoms with Crippen molar-refractivity contribution in [3.63, 3.8) is 0 Å². The molecule has 1 atom stereocenters. The van der Waals surface area contributed by atoms with E-state index in [2.05, 4.69) is 29.2 Å². The van der Waals surface area contributed by atoms with Gasteiger partial charge in [-0.1, -0.05) is 26.0 Å². The van der Waals surface area contributed by atoms with Crippen LogP contribution in [0.15, 0.2) is 45.9 Å². The van der Waals surface area contributed by atoms with Crippen molar-refractivity contribution in [2.45, 2.75) is 26.3 Å². The molecule has 0 aliphatic rings. The van der Waals surface area contributed by atoms with E-state index in [0.717, 1.165) is 0 Å². The van der Waals surface area contributed by atoms with Gasteiger partial charge in [0.05, 0.1) is 11.4 Å². The predicted octanol–water partition coefficient (Wildman–Crippen LogP) is 2.44. The van der Waals surface area contributed by atoms with E-state index < -0.39 is 5.91 Å². The Morgan fingerprint density at radius 3 is 2.76 bits per heavy atom. The van der Waals surface area contributed by atoms with Crippen molar-refractivity contribution in [2.75, 3.05) is 0 Å². The maximum Gasteiger partial charge on any atom is 0.287 e. The van der Waals surface area contributed by atoms with Crippen molar-refractivity contribution >= 4 is 16.9 Å². The first kappa shape index (κ1) is 16.9. The third-order valence-corrected chi connectivity index (χ3v) is 3.93. The topological polar surface area (TPSA) is 90.0 Å². The van der Waals surface area contributed by atoms with Crippen LogP contribution in [-0.2, 0) is 7.05 Å². The normalized spacial score (nSPS) is 12.5. The molecule has 1 amide bonds. The van der Waals surface area contributed by atoms with Crippen molar-refractivity contribution in [1.29, 1.82) is 0 Å². The van der Waals surface area contributed by atoms with Gasteiger partial charge in [0.15, 0.2) is 11.2 Å². The fourth-order valence-corrected chi connectivity index (χ4v) is 2.77. The van der Waals surface area contributed by atoms with E-state index in [0.29, 0.717) is 29.1 Å². The predicted molar refractivity (Wildman–Crippen MR) is 93.1 cm³/mol. The zero-order valence-electron chi connectivity index (χ0n) is 14.4. The van der Waals surface area contributed by atoms with Crippen LogP contribution in [-0.4, -0.2) is 20.7 Å². The Hall–Kier alpha value is -2.96. The van der Waals surface area contributed by atoms with Gasteiger partial charge in [-0.2, -0.15) is 5.10 Å². The summed E-state index contributed by atoms with van der Waals surface area (Å²) in [6.07, 6.45) is 2.14. The standard InChI is InChI=1S/C18H20N4O3/c1-11(2)8-13(17-19-10-20-22(17)3)21-18(24)16-9-14(23)12-6-4-5-7-15(12)25-16/h4-7,9-11,13H,8H2,1-3H3,(H,21,24)/t13-/m1/s1. The summed E-state index contributed by atoms with van der Waals surface area (Å²) in [4.78, 5) is 29.0. The summed E-state index contributed by atoms with van der Waals surface area (Å²) in [6.45, 7) is 4.12. The fraction of sp³-hybridized carbons (Fsp3) is 0.333. The van der Waals surface area contributed by atoms with Crippen LogP contribution in [0.1, 0.15) is 42.7 Å². The monoisotopic (exact) mass is 340 g/mol. The molecule has 7 heteroatoms. The van der Waals surface area contributed by atoms with Crippen molar-refractivity contribution < 1.29 is 9.21 Å². The zero-order chi connectivity index (χ0) is 18.0. The second-order valence-electron chi connectivity index (χ2n) is 6.37. The summed E-state index contributed by atoms with van der Waals surface area (Å²) in [6, 6.07) is 7.75. The Morgan fingerprint density at radius 2 is 2.08 bits per heavy atom. The Labute approximate surface area is 144 Å². The van der Waals surface area contributed by atoms with Crippen LogP contribution in [0.4, 0.5) is 0 Å². The molecule has 0 radical (unpaired) electrons. The smallest absolute Gasteiger partial charge is 0.287 e. The second-order valence-corrected chi connectivity index (χ2v) is 6.37. The first-order valence-corrected chi connectivity index (χ1v) is 8.13. The van der Waals surface area contributed by atoms with Crippen molar-refractivity contribution in [3.05, 3.63) is 58.5 Å². The number of hydrogen-bond acceptors (Lipinski definition) is 5. The van der Waals surface area contributed by atoms with Gasteiger partial charge in [-0.3, -0.25) is 14.3 Å². The number of benzene rings is 1. The molecular weight excluding hydrogens is 320 g/mol. The molecule has 130 valence electrons. The summed E-state index contributed by atoms with van der Waals surface area (Å²) >= 11 is 0. The number of carbonyl (C=O) groups excluding carboxylic acids is 1. The van der Waals surface area contributed by atoms with E-state index in [1.165, 1.54) is 12.4 Å². The Kier molecular flexibility index (Phi) is 4.65. The Bertz CT molecular complexity index is 958. The minimum Gasteiger partial charge on any atom is -0.451 e. The van der Waals surface area contributed by atoms with E-state index in [4.69, 9.17) is 4.42 Å². The average Bonchev–Trinajstić information content (AvgIpc) is 2.99. The molecule has 0 aliphatic heterocycles. The molecule has 0 fully saturated rings. The summed E-state index contributed by atoms with van der Waals surface area (Å²) < 4.78 is 7.23. The van der Waals surface area contributed by atoms with Crippen LogP contribution in [0.25, 0.3) is 11.0 Å². The summed E-state index contributed by atoms with van der Waals surface area (Å²) in [5, 5.41) is 7.42. The number of aryl methyl sites for hydroxylation is 1. The van der Waals surface area contributed by atoms with Crippen molar-refractivity contribution in [1.82, 2.24) is 20.1 Å². The molecule has 0 bridgehead atoms. The van der Waals surface area contributed by atoms with Crippen molar-refractivity contribution in [2.24, 2.45) is 13.0 Å². The molecule has 0 spiro atoms. The SMILES string of the molecule is CC(C)C[C@@H](NC(=O)c1cc(=O)c2ccccc2o1)c1ncnn1C. The molecule has 7 nitrogen and oxygen atoms in total. The highest BCUT2D eigenvalue weighted by Crippen LogP contribution is 2.20. The molecule has 0 saturated carbocycles. The van der Waals surface area contributed by atoms with E-state index in [1.54, 1.807) is 36.0 Å². The molecule has 25 heavy (non-hydrogen) atoms. The molecule has 2 heterocycles. The maximum absolute atomic E-state index is 12.6. The van der Waals surface area contributed by atoms with Crippen molar-refractivity contribution in [3.8, 4) is 0 Å². The van der Waals surface area contributed by atoms with Gasteiger partial charge in [0, 0.05) is 13.1 Å². The maximum atomic E-state index is 12.6. The van der Waals surface area contributed by atoms with Crippen LogP contribution >= 0.6 is 0 Å². The minimum absolute atomic E-state index is 0.0142. The molecule has 0 saturated heterocycles. The van der Waals surface area contributed by atoms with Gasteiger partial charge in [0.2, 0.25) is 0 Å². The van der Waals surface area contributed by atoms with E-state index >= 15 is 0 Å². The van der Waals surface area contributed by atoms with Gasteiger partial charge in [-0.15, -0.1) is 0 Å². The lowest BCUT2D eigenvalue weighted by Crippen LogP contribution is -2.32. The average molecular weight is 340 g/mol. The van der Waals surface area contributed by atoms with Gasteiger partial charge in [-0.05, 0) is 24.5 Å². The fourth-order valence-electron chi connectivity index (χ4n) is 2.77. The van der Waals surface area contributed by atoms with Gasteiger partial charge in [0.25, 0.3) is 5.91 Å². The van der Waals surface area contributed by atoms with Crippen LogP contribution in [0.2, 0.25) is 0 Å². The number of nitrogens with zero attached hydrogens (tertiary/aromatic N) is 3. The molecule has 3 aromatic rings. The number of rotatable bonds is 5. The molecule has 2 aromatic heterocycles. The first-order chi connectivity index (χ1) is 12.0. The number of para-hydroxylation sites is 1. The summed E-state index contributed by atoms with van der Waals surface area (Å²) in [7, 11) is 1.78. The number of amides is 1. The lowest BCUT2D eigenvalue weighted by atomic mass is 10.0. The largest absolute Gasteiger partial charge is 0.451 e. The zero-order valence-corrected chi connectivity index (χ0v) is 14.4. The third kappa shape index (κ3) is 3.60. The van der Waals surface area contributed by atoms with Crippen LogP contribution in [0.5, 0.6) is 0 Å². The Balaban J connectivity index is 1.91. The molecular formula is C18H20N4O3. The van der Waals surface area contributed by atoms with E-state index in [1.807, 2.05) is 0 Å². The van der Waals surface area contributed by atoms with E-state index in [-0.39, 0.29) is 17.2 Å². The highest BCUT2D eigenvalue weighted by Gasteiger charge is 2.22. The number of fused-ring (bicyclic) bond motifs is 1. The molecule has 0 aliphatic carbocycles. The second kappa shape index (κ2) is 6.88. The lowest BCUT2D eigenvalue weighted by molar-refractivity contribution is 0.0901. The van der Waals surface area contributed by atoms with Gasteiger partial charge >= 0.3 is 0 Å². The number of nitrogens with one attached hydrogen (secondary N) is 1.